The Morgan fingerprint density at radius 2 is 2.08 bits per heavy atom. The summed E-state index contributed by atoms with van der Waals surface area (Å²) in [6.07, 6.45) is 18.7. The summed E-state index contributed by atoms with van der Waals surface area (Å²) in [5.41, 5.74) is 2.01. The number of allylic oxidation sites excluding steroid dienone is 6. The van der Waals surface area contributed by atoms with Gasteiger partial charge in [-0.1, -0.05) is 37.5 Å². The molecule has 0 aliphatic heterocycles. The lowest BCUT2D eigenvalue weighted by Gasteiger charge is -2.53. The highest BCUT2D eigenvalue weighted by Crippen LogP contribution is 2.64. The van der Waals surface area contributed by atoms with Gasteiger partial charge in [-0.15, -0.1) is 6.42 Å². The molecule has 2 nitrogen and oxygen atoms in total. The predicted molar refractivity (Wildman–Crippen MR) is 95.9 cm³/mol. The van der Waals surface area contributed by atoms with Gasteiger partial charge in [0.25, 0.3) is 0 Å². The molecule has 0 heterocycles. The smallest absolute Gasteiger partial charge is 0.131 e. The molecule has 5 atom stereocenters. The minimum absolute atomic E-state index is 0.128. The highest BCUT2D eigenvalue weighted by Gasteiger charge is 2.60. The lowest BCUT2D eigenvalue weighted by Crippen LogP contribution is -2.49. The van der Waals surface area contributed by atoms with E-state index in [9.17, 15) is 5.11 Å². The molecule has 1 N–H and O–H groups in total. The first-order valence-electron chi connectivity index (χ1n) is 9.24. The van der Waals surface area contributed by atoms with Crippen LogP contribution in [0.25, 0.3) is 0 Å². The molecular weight excluding hydrogens is 296 g/mol. The second kappa shape index (κ2) is 5.02. The molecule has 0 amide bonds. The van der Waals surface area contributed by atoms with Crippen molar-refractivity contribution in [3.8, 4) is 12.3 Å². The summed E-state index contributed by atoms with van der Waals surface area (Å²) in [6, 6.07) is 0. The van der Waals surface area contributed by atoms with E-state index in [2.05, 4.69) is 38.0 Å². The van der Waals surface area contributed by atoms with Crippen molar-refractivity contribution in [2.45, 2.75) is 58.0 Å². The third-order valence-electron chi connectivity index (χ3n) is 7.77. The minimum atomic E-state index is -0.944. The van der Waals surface area contributed by atoms with E-state index in [1.165, 1.54) is 5.57 Å². The lowest BCUT2D eigenvalue weighted by molar-refractivity contribution is -0.0351. The van der Waals surface area contributed by atoms with Crippen LogP contribution in [0.1, 0.15) is 52.4 Å². The summed E-state index contributed by atoms with van der Waals surface area (Å²) in [7, 11) is 1.77. The summed E-state index contributed by atoms with van der Waals surface area (Å²) < 4.78 is 5.49. The third-order valence-corrected chi connectivity index (χ3v) is 7.77. The van der Waals surface area contributed by atoms with Gasteiger partial charge >= 0.3 is 0 Å². The summed E-state index contributed by atoms with van der Waals surface area (Å²) in [5.74, 6) is 4.85. The van der Waals surface area contributed by atoms with E-state index in [1.54, 1.807) is 12.7 Å². The molecule has 0 aromatic rings. The van der Waals surface area contributed by atoms with Gasteiger partial charge in [0.2, 0.25) is 0 Å². The molecule has 4 aliphatic carbocycles. The molecule has 4 rings (SSSR count). The maximum absolute atomic E-state index is 11.0. The summed E-state index contributed by atoms with van der Waals surface area (Å²) >= 11 is 0. The summed E-state index contributed by atoms with van der Waals surface area (Å²) in [4.78, 5) is 0. The lowest BCUT2D eigenvalue weighted by atomic mass is 9.52. The SMILES string of the molecule is C#C[C@]1(O)CCC2C3CC=C4C=C(OC)CCC4(C)C3=CCC21C. The molecule has 1 saturated carbocycles. The largest absolute Gasteiger partial charge is 0.501 e. The van der Waals surface area contributed by atoms with Crippen molar-refractivity contribution in [3.05, 3.63) is 35.1 Å². The zero-order valence-corrected chi connectivity index (χ0v) is 15.1. The Morgan fingerprint density at radius 1 is 1.29 bits per heavy atom. The Labute approximate surface area is 145 Å². The number of hydrogen-bond acceptors (Lipinski definition) is 2. The van der Waals surface area contributed by atoms with E-state index >= 15 is 0 Å². The van der Waals surface area contributed by atoms with Crippen molar-refractivity contribution in [1.29, 1.82) is 0 Å². The molecule has 0 bridgehead atoms. The number of methoxy groups -OCH3 is 1. The standard InChI is InChI=1S/C22H28O2/c1-5-22(23)13-10-19-17-7-6-15-14-16(24-4)8-11-20(15,2)18(17)9-12-21(19,22)3/h1,6,9,14,17,19,23H,7-8,10-13H2,2-4H3/t17?,19?,20?,21?,22-/m0/s1. The van der Waals surface area contributed by atoms with Gasteiger partial charge in [0.1, 0.15) is 5.60 Å². The Bertz CT molecular complexity index is 706. The van der Waals surface area contributed by atoms with Crippen LogP contribution in [-0.4, -0.2) is 17.8 Å². The van der Waals surface area contributed by atoms with Crippen LogP contribution in [0.3, 0.4) is 0 Å². The topological polar surface area (TPSA) is 29.5 Å². The van der Waals surface area contributed by atoms with Crippen molar-refractivity contribution >= 4 is 0 Å². The molecule has 4 aliphatic rings. The van der Waals surface area contributed by atoms with Crippen LogP contribution in [0.4, 0.5) is 0 Å². The van der Waals surface area contributed by atoms with Gasteiger partial charge in [0.05, 0.1) is 12.9 Å². The third kappa shape index (κ3) is 1.83. The second-order valence-corrected chi connectivity index (χ2v) is 8.58. The maximum atomic E-state index is 11.0. The fourth-order valence-electron chi connectivity index (χ4n) is 6.03. The maximum Gasteiger partial charge on any atom is 0.131 e. The molecule has 128 valence electrons. The number of hydrogen-bond donors (Lipinski definition) is 1. The molecule has 1 fully saturated rings. The van der Waals surface area contributed by atoms with Crippen molar-refractivity contribution < 1.29 is 9.84 Å². The average molecular weight is 324 g/mol. The highest BCUT2D eigenvalue weighted by atomic mass is 16.5. The number of rotatable bonds is 1. The first kappa shape index (κ1) is 16.0. The van der Waals surface area contributed by atoms with Crippen molar-refractivity contribution in [3.63, 3.8) is 0 Å². The first-order chi connectivity index (χ1) is 11.4. The molecule has 4 unspecified atom stereocenters. The van der Waals surface area contributed by atoms with Crippen LogP contribution >= 0.6 is 0 Å². The molecule has 0 saturated heterocycles. The van der Waals surface area contributed by atoms with Gasteiger partial charge in [0.15, 0.2) is 0 Å². The predicted octanol–water partition coefficient (Wildman–Crippen LogP) is 4.37. The monoisotopic (exact) mass is 324 g/mol. The van der Waals surface area contributed by atoms with E-state index in [-0.39, 0.29) is 10.8 Å². The van der Waals surface area contributed by atoms with Gasteiger partial charge < -0.3 is 9.84 Å². The highest BCUT2D eigenvalue weighted by molar-refractivity contribution is 5.46. The van der Waals surface area contributed by atoms with Gasteiger partial charge in [-0.3, -0.25) is 0 Å². The van der Waals surface area contributed by atoms with E-state index in [0.717, 1.165) is 44.3 Å². The van der Waals surface area contributed by atoms with E-state index in [1.807, 2.05) is 0 Å². The number of ether oxygens (including phenoxy) is 1. The molecule has 0 spiro atoms. The molecule has 0 aromatic carbocycles. The fraction of sp³-hybridized carbons (Fsp3) is 0.636. The van der Waals surface area contributed by atoms with E-state index < -0.39 is 5.60 Å². The second-order valence-electron chi connectivity index (χ2n) is 8.58. The van der Waals surface area contributed by atoms with Gasteiger partial charge in [-0.25, -0.2) is 0 Å². The molecular formula is C22H28O2. The van der Waals surface area contributed by atoms with Crippen molar-refractivity contribution in [2.24, 2.45) is 22.7 Å². The van der Waals surface area contributed by atoms with Crippen LogP contribution in [0.15, 0.2) is 35.1 Å². The van der Waals surface area contributed by atoms with Gasteiger partial charge in [0, 0.05) is 17.3 Å². The first-order valence-corrected chi connectivity index (χ1v) is 9.24. The number of terminal acetylenes is 1. The van der Waals surface area contributed by atoms with Gasteiger partial charge in [-0.2, -0.15) is 0 Å². The quantitative estimate of drug-likeness (QED) is 0.573. The molecule has 2 heteroatoms. The number of aliphatic hydroxyl groups is 1. The normalized spacial score (nSPS) is 46.5. The molecule has 0 aromatic heterocycles. The van der Waals surface area contributed by atoms with Crippen LogP contribution in [0.5, 0.6) is 0 Å². The van der Waals surface area contributed by atoms with E-state index in [4.69, 9.17) is 11.2 Å². The van der Waals surface area contributed by atoms with Crippen molar-refractivity contribution in [2.75, 3.05) is 7.11 Å². The Balaban J connectivity index is 1.76. The molecule has 24 heavy (non-hydrogen) atoms. The fourth-order valence-corrected chi connectivity index (χ4v) is 6.03. The Hall–Kier alpha value is -1.46. The zero-order chi connectivity index (χ0) is 17.2. The van der Waals surface area contributed by atoms with Crippen molar-refractivity contribution in [1.82, 2.24) is 0 Å². The average Bonchev–Trinajstić information content (AvgIpc) is 2.86. The van der Waals surface area contributed by atoms with Crippen LogP contribution < -0.4 is 0 Å². The number of fused-ring (bicyclic) bond motifs is 5. The van der Waals surface area contributed by atoms with Crippen LogP contribution in [0.2, 0.25) is 0 Å². The Kier molecular flexibility index (Phi) is 3.35. The summed E-state index contributed by atoms with van der Waals surface area (Å²) in [6.45, 7) is 4.61. The van der Waals surface area contributed by atoms with Crippen LogP contribution in [0, 0.1) is 35.0 Å². The van der Waals surface area contributed by atoms with Gasteiger partial charge in [-0.05, 0) is 55.6 Å². The minimum Gasteiger partial charge on any atom is -0.501 e. The Morgan fingerprint density at radius 3 is 2.79 bits per heavy atom. The van der Waals surface area contributed by atoms with E-state index in [0.29, 0.717) is 11.8 Å². The zero-order valence-electron chi connectivity index (χ0n) is 15.1. The summed E-state index contributed by atoms with van der Waals surface area (Å²) in [5, 5.41) is 11.0. The molecule has 0 radical (unpaired) electrons. The van der Waals surface area contributed by atoms with Crippen LogP contribution in [-0.2, 0) is 4.74 Å².